The summed E-state index contributed by atoms with van der Waals surface area (Å²) in [4.78, 5) is 0. The van der Waals surface area contributed by atoms with E-state index >= 15 is 0 Å². The van der Waals surface area contributed by atoms with Crippen molar-refractivity contribution in [2.75, 3.05) is 0 Å². The van der Waals surface area contributed by atoms with Gasteiger partial charge in [-0.2, -0.15) is 0 Å². The Morgan fingerprint density at radius 2 is 1.06 bits per heavy atom. The quantitative estimate of drug-likeness (QED) is 0.545. The molecular weight excluding hydrogens is 216 g/mol. The van der Waals surface area contributed by atoms with E-state index < -0.39 is 0 Å². The topological polar surface area (TPSA) is 0 Å². The highest BCUT2D eigenvalue weighted by atomic mass is 14.3. The summed E-state index contributed by atoms with van der Waals surface area (Å²) < 4.78 is 0. The van der Waals surface area contributed by atoms with Gasteiger partial charge in [0.1, 0.15) is 0 Å². The summed E-state index contributed by atoms with van der Waals surface area (Å²) in [5, 5.41) is 0. The van der Waals surface area contributed by atoms with Gasteiger partial charge in [0.15, 0.2) is 0 Å². The zero-order valence-electron chi connectivity index (χ0n) is 11.7. The molecule has 0 unspecified atom stereocenters. The van der Waals surface area contributed by atoms with Gasteiger partial charge in [0, 0.05) is 0 Å². The molecule has 3 aliphatic rings. The lowest BCUT2D eigenvalue weighted by molar-refractivity contribution is 0.196. The maximum atomic E-state index is 3.68. The summed E-state index contributed by atoms with van der Waals surface area (Å²) in [6.07, 6.45) is 23.3. The number of hydrogen-bond acceptors (Lipinski definition) is 0. The minimum atomic E-state index is 1.09. The molecule has 0 spiro atoms. The van der Waals surface area contributed by atoms with E-state index in [-0.39, 0.29) is 0 Å². The molecule has 18 heavy (non-hydrogen) atoms. The molecule has 0 aliphatic heterocycles. The van der Waals surface area contributed by atoms with E-state index in [1.54, 1.807) is 25.7 Å². The first kappa shape index (κ1) is 13.6. The van der Waals surface area contributed by atoms with Crippen LogP contribution in [-0.4, -0.2) is 0 Å². The highest BCUT2D eigenvalue weighted by Crippen LogP contribution is 2.37. The van der Waals surface area contributed by atoms with E-state index in [9.17, 15) is 0 Å². The third kappa shape index (κ3) is 4.48. The van der Waals surface area contributed by atoms with E-state index in [0.29, 0.717) is 0 Å². The fraction of sp³-hybridized carbons (Fsp3) is 0.667. The largest absolute Gasteiger partial charge is 0.0918 e. The Bertz CT molecular complexity index is 266. The first-order valence-corrected chi connectivity index (χ1v) is 7.90. The average molecular weight is 244 g/mol. The van der Waals surface area contributed by atoms with Crippen LogP contribution in [0.2, 0.25) is 0 Å². The lowest BCUT2D eigenvalue weighted by Crippen LogP contribution is -2.20. The van der Waals surface area contributed by atoms with E-state index in [2.05, 4.69) is 6.58 Å². The molecule has 0 aromatic rings. The second kappa shape index (κ2) is 7.61. The Morgan fingerprint density at radius 1 is 0.667 bits per heavy atom. The van der Waals surface area contributed by atoms with Gasteiger partial charge < -0.3 is 0 Å². The molecule has 0 atom stereocenters. The second-order valence-electron chi connectivity index (χ2n) is 6.09. The van der Waals surface area contributed by atoms with Crippen molar-refractivity contribution < 1.29 is 0 Å². The third-order valence-corrected chi connectivity index (χ3v) is 4.70. The van der Waals surface area contributed by atoms with Crippen molar-refractivity contribution in [3.8, 4) is 0 Å². The summed E-state index contributed by atoms with van der Waals surface area (Å²) in [5.74, 6) is 2.28. The summed E-state index contributed by atoms with van der Waals surface area (Å²) >= 11 is 0. The lowest BCUT2D eigenvalue weighted by atomic mass is 9.73. The Balaban J connectivity index is 0.000000169. The van der Waals surface area contributed by atoms with E-state index in [1.807, 2.05) is 24.3 Å². The zero-order chi connectivity index (χ0) is 12.6. The summed E-state index contributed by atoms with van der Waals surface area (Å²) in [6, 6.07) is 0. The monoisotopic (exact) mass is 244 g/mol. The second-order valence-corrected chi connectivity index (χ2v) is 6.09. The van der Waals surface area contributed by atoms with Crippen LogP contribution in [0.5, 0.6) is 0 Å². The molecule has 100 valence electrons. The summed E-state index contributed by atoms with van der Waals surface area (Å²) in [7, 11) is 0. The number of hydrogen-bond donors (Lipinski definition) is 0. The Morgan fingerprint density at radius 3 is 1.33 bits per heavy atom. The molecule has 2 fully saturated rings. The molecule has 0 amide bonds. The van der Waals surface area contributed by atoms with Crippen molar-refractivity contribution >= 4 is 0 Å². The standard InChI is InChI=1S/C12H22.C6H6/c1-3-7-11(8-4-1)12-9-5-2-6-10-12;1-6-4-2-3-5-6/h11-12H,1-10H2;2-5H,1H2. The van der Waals surface area contributed by atoms with Gasteiger partial charge in [0.25, 0.3) is 0 Å². The predicted molar refractivity (Wildman–Crippen MR) is 80.6 cm³/mol. The molecule has 3 aliphatic carbocycles. The van der Waals surface area contributed by atoms with E-state index in [1.165, 1.54) is 38.5 Å². The minimum Gasteiger partial charge on any atom is -0.0918 e. The minimum absolute atomic E-state index is 1.09. The van der Waals surface area contributed by atoms with Crippen molar-refractivity contribution in [2.24, 2.45) is 11.8 Å². The molecular formula is C18H28. The van der Waals surface area contributed by atoms with Gasteiger partial charge in [-0.05, 0) is 17.4 Å². The molecule has 0 nitrogen and oxygen atoms in total. The van der Waals surface area contributed by atoms with Crippen LogP contribution in [-0.2, 0) is 0 Å². The van der Waals surface area contributed by atoms with Crippen LogP contribution in [0.3, 0.4) is 0 Å². The lowest BCUT2D eigenvalue weighted by Gasteiger charge is -2.32. The van der Waals surface area contributed by atoms with Crippen molar-refractivity contribution in [1.29, 1.82) is 0 Å². The molecule has 0 radical (unpaired) electrons. The maximum Gasteiger partial charge on any atom is -0.0329 e. The fourth-order valence-corrected chi connectivity index (χ4v) is 3.63. The molecule has 3 rings (SSSR count). The van der Waals surface area contributed by atoms with Crippen LogP contribution >= 0.6 is 0 Å². The highest BCUT2D eigenvalue weighted by molar-refractivity contribution is 5.37. The van der Waals surface area contributed by atoms with Gasteiger partial charge in [-0.15, -0.1) is 0 Å². The SMILES string of the molecule is C1CCC(C2CCCCC2)CC1.C=C1C=CC=C1. The Labute approximate surface area is 113 Å². The van der Waals surface area contributed by atoms with Crippen LogP contribution in [0.1, 0.15) is 64.2 Å². The first-order valence-electron chi connectivity index (χ1n) is 7.90. The van der Waals surface area contributed by atoms with Crippen LogP contribution in [0, 0.1) is 11.8 Å². The fourth-order valence-electron chi connectivity index (χ4n) is 3.63. The predicted octanol–water partition coefficient (Wildman–Crippen LogP) is 5.82. The van der Waals surface area contributed by atoms with Crippen LogP contribution in [0.15, 0.2) is 36.5 Å². The van der Waals surface area contributed by atoms with E-state index in [0.717, 1.165) is 17.4 Å². The van der Waals surface area contributed by atoms with Crippen LogP contribution in [0.4, 0.5) is 0 Å². The summed E-state index contributed by atoms with van der Waals surface area (Å²) in [6.45, 7) is 3.68. The smallest absolute Gasteiger partial charge is 0.0329 e. The van der Waals surface area contributed by atoms with Crippen molar-refractivity contribution in [2.45, 2.75) is 64.2 Å². The highest BCUT2D eigenvalue weighted by Gasteiger charge is 2.24. The Kier molecular flexibility index (Phi) is 5.77. The van der Waals surface area contributed by atoms with Crippen LogP contribution in [0.25, 0.3) is 0 Å². The van der Waals surface area contributed by atoms with Crippen molar-refractivity contribution in [3.05, 3.63) is 36.5 Å². The third-order valence-electron chi connectivity index (χ3n) is 4.70. The van der Waals surface area contributed by atoms with Crippen molar-refractivity contribution in [1.82, 2.24) is 0 Å². The zero-order valence-corrected chi connectivity index (χ0v) is 11.7. The van der Waals surface area contributed by atoms with Gasteiger partial charge in [0.2, 0.25) is 0 Å². The molecule has 0 aromatic heterocycles. The van der Waals surface area contributed by atoms with Crippen molar-refractivity contribution in [3.63, 3.8) is 0 Å². The average Bonchev–Trinajstić information content (AvgIpc) is 2.93. The van der Waals surface area contributed by atoms with Crippen LogP contribution < -0.4 is 0 Å². The van der Waals surface area contributed by atoms with Gasteiger partial charge in [0.05, 0.1) is 0 Å². The number of allylic oxidation sites excluding steroid dienone is 5. The van der Waals surface area contributed by atoms with Gasteiger partial charge in [-0.1, -0.05) is 95.1 Å². The molecule has 0 N–H and O–H groups in total. The van der Waals surface area contributed by atoms with Gasteiger partial charge in [-0.3, -0.25) is 0 Å². The van der Waals surface area contributed by atoms with Gasteiger partial charge in [-0.25, -0.2) is 0 Å². The number of rotatable bonds is 1. The van der Waals surface area contributed by atoms with Gasteiger partial charge >= 0.3 is 0 Å². The molecule has 0 saturated heterocycles. The first-order chi connectivity index (χ1) is 8.86. The maximum absolute atomic E-state index is 3.68. The molecule has 2 saturated carbocycles. The van der Waals surface area contributed by atoms with E-state index in [4.69, 9.17) is 0 Å². The molecule has 0 heterocycles. The summed E-state index contributed by atoms with van der Waals surface area (Å²) in [5.41, 5.74) is 1.09. The molecule has 0 heteroatoms. The normalized spacial score (nSPS) is 25.0. The Hall–Kier alpha value is -0.780. The molecule has 0 bridgehead atoms. The molecule has 0 aromatic carbocycles.